The van der Waals surface area contributed by atoms with Crippen molar-refractivity contribution in [2.75, 3.05) is 13.7 Å². The highest BCUT2D eigenvalue weighted by molar-refractivity contribution is 6.30. The van der Waals surface area contributed by atoms with Gasteiger partial charge >= 0.3 is 0 Å². The average molecular weight is 307 g/mol. The molecule has 4 nitrogen and oxygen atoms in total. The number of halogens is 1. The van der Waals surface area contributed by atoms with E-state index in [1.807, 2.05) is 12.1 Å². The third-order valence-electron chi connectivity index (χ3n) is 3.10. The largest absolute Gasteiger partial charge is 0.496 e. The standard InChI is InChI=1S/C16H19ClN2O2/c1-3-6-21-13-7-11(9-19-10-13)16(18)14-5-4-12(17)8-15(14)20-2/h4-5,7-10,16H,3,6,18H2,1-2H3. The van der Waals surface area contributed by atoms with Crippen LogP contribution in [0.25, 0.3) is 0 Å². The molecule has 0 saturated carbocycles. The lowest BCUT2D eigenvalue weighted by atomic mass is 10.00. The van der Waals surface area contributed by atoms with Crippen LogP contribution in [-0.2, 0) is 0 Å². The molecule has 2 aromatic rings. The zero-order valence-corrected chi connectivity index (χ0v) is 12.9. The van der Waals surface area contributed by atoms with Crippen molar-refractivity contribution < 1.29 is 9.47 Å². The van der Waals surface area contributed by atoms with Crippen molar-refractivity contribution in [2.24, 2.45) is 5.73 Å². The maximum atomic E-state index is 6.32. The molecule has 5 heteroatoms. The van der Waals surface area contributed by atoms with Crippen LogP contribution in [0.3, 0.4) is 0 Å². The number of benzene rings is 1. The van der Waals surface area contributed by atoms with Crippen LogP contribution in [0.4, 0.5) is 0 Å². The van der Waals surface area contributed by atoms with Gasteiger partial charge < -0.3 is 15.2 Å². The summed E-state index contributed by atoms with van der Waals surface area (Å²) in [6, 6.07) is 6.97. The van der Waals surface area contributed by atoms with E-state index in [2.05, 4.69) is 11.9 Å². The van der Waals surface area contributed by atoms with Gasteiger partial charge in [-0.1, -0.05) is 24.6 Å². The van der Waals surface area contributed by atoms with Gasteiger partial charge in [0.15, 0.2) is 0 Å². The van der Waals surface area contributed by atoms with E-state index in [-0.39, 0.29) is 6.04 Å². The molecular weight excluding hydrogens is 288 g/mol. The Hall–Kier alpha value is -1.78. The molecule has 112 valence electrons. The Morgan fingerprint density at radius 2 is 2.10 bits per heavy atom. The zero-order chi connectivity index (χ0) is 15.2. The maximum absolute atomic E-state index is 6.32. The van der Waals surface area contributed by atoms with E-state index in [4.69, 9.17) is 26.8 Å². The highest BCUT2D eigenvalue weighted by Crippen LogP contribution is 2.31. The van der Waals surface area contributed by atoms with Crippen molar-refractivity contribution in [1.29, 1.82) is 0 Å². The molecule has 0 bridgehead atoms. The summed E-state index contributed by atoms with van der Waals surface area (Å²) < 4.78 is 10.9. The number of aromatic nitrogens is 1. The number of pyridine rings is 1. The van der Waals surface area contributed by atoms with Gasteiger partial charge in [0, 0.05) is 16.8 Å². The summed E-state index contributed by atoms with van der Waals surface area (Å²) >= 11 is 5.98. The Kier molecular flexibility index (Phi) is 5.42. The van der Waals surface area contributed by atoms with Crippen LogP contribution >= 0.6 is 11.6 Å². The van der Waals surface area contributed by atoms with Crippen molar-refractivity contribution >= 4 is 11.6 Å². The van der Waals surface area contributed by atoms with Crippen LogP contribution in [0.5, 0.6) is 11.5 Å². The normalized spacial score (nSPS) is 12.0. The summed E-state index contributed by atoms with van der Waals surface area (Å²) in [6.07, 6.45) is 4.36. The van der Waals surface area contributed by atoms with E-state index in [0.29, 0.717) is 17.4 Å². The van der Waals surface area contributed by atoms with E-state index >= 15 is 0 Å². The van der Waals surface area contributed by atoms with Gasteiger partial charge in [0.25, 0.3) is 0 Å². The molecule has 1 heterocycles. The Bertz CT molecular complexity index is 605. The molecule has 0 fully saturated rings. The first-order valence-electron chi connectivity index (χ1n) is 6.82. The summed E-state index contributed by atoms with van der Waals surface area (Å²) in [5.41, 5.74) is 8.04. The van der Waals surface area contributed by atoms with Crippen molar-refractivity contribution in [3.05, 3.63) is 52.8 Å². The fraction of sp³-hybridized carbons (Fsp3) is 0.312. The molecule has 0 aliphatic heterocycles. The van der Waals surface area contributed by atoms with Gasteiger partial charge in [0.05, 0.1) is 26.0 Å². The first-order valence-corrected chi connectivity index (χ1v) is 7.20. The second-order valence-corrected chi connectivity index (χ2v) is 5.10. The van der Waals surface area contributed by atoms with E-state index in [0.717, 1.165) is 23.3 Å². The van der Waals surface area contributed by atoms with E-state index in [9.17, 15) is 0 Å². The number of hydrogen-bond donors (Lipinski definition) is 1. The predicted molar refractivity (Wildman–Crippen MR) is 84.1 cm³/mol. The number of nitrogens with two attached hydrogens (primary N) is 1. The molecular formula is C16H19ClN2O2. The van der Waals surface area contributed by atoms with E-state index < -0.39 is 0 Å². The van der Waals surface area contributed by atoms with Gasteiger partial charge in [-0.3, -0.25) is 4.98 Å². The van der Waals surface area contributed by atoms with Crippen molar-refractivity contribution in [1.82, 2.24) is 4.98 Å². The molecule has 1 aromatic carbocycles. The minimum Gasteiger partial charge on any atom is -0.496 e. The van der Waals surface area contributed by atoms with E-state index in [1.165, 1.54) is 0 Å². The van der Waals surface area contributed by atoms with Crippen LogP contribution in [0.2, 0.25) is 5.02 Å². The van der Waals surface area contributed by atoms with Crippen molar-refractivity contribution in [2.45, 2.75) is 19.4 Å². The number of methoxy groups -OCH3 is 1. The van der Waals surface area contributed by atoms with Gasteiger partial charge in [-0.25, -0.2) is 0 Å². The summed E-state index contributed by atoms with van der Waals surface area (Å²) in [4.78, 5) is 4.19. The Morgan fingerprint density at radius 1 is 1.29 bits per heavy atom. The molecule has 1 aromatic heterocycles. The smallest absolute Gasteiger partial charge is 0.137 e. The second-order valence-electron chi connectivity index (χ2n) is 4.67. The summed E-state index contributed by atoms with van der Waals surface area (Å²) in [6.45, 7) is 2.71. The van der Waals surface area contributed by atoms with Crippen LogP contribution in [-0.4, -0.2) is 18.7 Å². The monoisotopic (exact) mass is 306 g/mol. The second kappa shape index (κ2) is 7.29. The molecule has 1 atom stereocenters. The lowest BCUT2D eigenvalue weighted by molar-refractivity contribution is 0.315. The summed E-state index contributed by atoms with van der Waals surface area (Å²) in [5.74, 6) is 1.38. The number of hydrogen-bond acceptors (Lipinski definition) is 4. The zero-order valence-electron chi connectivity index (χ0n) is 12.2. The third-order valence-corrected chi connectivity index (χ3v) is 3.33. The van der Waals surface area contributed by atoms with Crippen LogP contribution < -0.4 is 15.2 Å². The highest BCUT2D eigenvalue weighted by Gasteiger charge is 2.15. The molecule has 2 rings (SSSR count). The number of rotatable bonds is 6. The molecule has 0 spiro atoms. The van der Waals surface area contributed by atoms with Crippen LogP contribution in [0.15, 0.2) is 36.7 Å². The maximum Gasteiger partial charge on any atom is 0.137 e. The predicted octanol–water partition coefficient (Wildman–Crippen LogP) is 3.58. The van der Waals surface area contributed by atoms with Gasteiger partial charge in [-0.05, 0) is 30.2 Å². The minimum atomic E-state index is -0.352. The average Bonchev–Trinajstić information content (AvgIpc) is 2.52. The third kappa shape index (κ3) is 3.86. The quantitative estimate of drug-likeness (QED) is 0.886. The highest BCUT2D eigenvalue weighted by atomic mass is 35.5. The SMILES string of the molecule is CCCOc1cncc(C(N)c2ccc(Cl)cc2OC)c1. The lowest BCUT2D eigenvalue weighted by Gasteiger charge is -2.17. The molecule has 1 unspecified atom stereocenters. The molecule has 21 heavy (non-hydrogen) atoms. The summed E-state index contributed by atoms with van der Waals surface area (Å²) in [5, 5.41) is 0.612. The van der Waals surface area contributed by atoms with Crippen molar-refractivity contribution in [3.8, 4) is 11.5 Å². The number of nitrogens with zero attached hydrogens (tertiary/aromatic N) is 1. The Morgan fingerprint density at radius 3 is 2.81 bits per heavy atom. The number of ether oxygens (including phenoxy) is 2. The van der Waals surface area contributed by atoms with Gasteiger partial charge in [-0.2, -0.15) is 0 Å². The Labute approximate surface area is 129 Å². The molecule has 0 aliphatic rings. The molecule has 0 saturated heterocycles. The lowest BCUT2D eigenvalue weighted by Crippen LogP contribution is -2.13. The van der Waals surface area contributed by atoms with E-state index in [1.54, 1.807) is 31.6 Å². The van der Waals surface area contributed by atoms with Gasteiger partial charge in [0.2, 0.25) is 0 Å². The minimum absolute atomic E-state index is 0.352. The molecule has 0 radical (unpaired) electrons. The Balaban J connectivity index is 2.29. The van der Waals surface area contributed by atoms with Crippen LogP contribution in [0, 0.1) is 0 Å². The van der Waals surface area contributed by atoms with Gasteiger partial charge in [0.1, 0.15) is 11.5 Å². The molecule has 0 aliphatic carbocycles. The summed E-state index contributed by atoms with van der Waals surface area (Å²) in [7, 11) is 1.60. The fourth-order valence-corrected chi connectivity index (χ4v) is 2.19. The fourth-order valence-electron chi connectivity index (χ4n) is 2.03. The van der Waals surface area contributed by atoms with Gasteiger partial charge in [-0.15, -0.1) is 0 Å². The van der Waals surface area contributed by atoms with Crippen molar-refractivity contribution in [3.63, 3.8) is 0 Å². The topological polar surface area (TPSA) is 57.4 Å². The molecule has 0 amide bonds. The first kappa shape index (κ1) is 15.6. The van der Waals surface area contributed by atoms with Crippen LogP contribution in [0.1, 0.15) is 30.5 Å². The first-order chi connectivity index (χ1) is 10.2. The molecule has 2 N–H and O–H groups in total.